The zero-order valence-electron chi connectivity index (χ0n) is 16.3. The number of hydrogen-bond donors (Lipinski definition) is 2. The van der Waals surface area contributed by atoms with E-state index in [2.05, 4.69) is 10.0 Å². The highest BCUT2D eigenvalue weighted by Gasteiger charge is 2.14. The fourth-order valence-corrected chi connectivity index (χ4v) is 4.07. The summed E-state index contributed by atoms with van der Waals surface area (Å²) < 4.78 is 37.8. The van der Waals surface area contributed by atoms with Crippen LogP contribution in [-0.2, 0) is 21.4 Å². The lowest BCUT2D eigenvalue weighted by Crippen LogP contribution is -2.23. The van der Waals surface area contributed by atoms with E-state index in [1.807, 2.05) is 0 Å². The number of halogens is 2. The minimum Gasteiger partial charge on any atom is -0.492 e. The lowest BCUT2D eigenvalue weighted by molar-refractivity contribution is -0.116. The Bertz CT molecular complexity index is 1120. The molecule has 0 atom stereocenters. The molecule has 0 unspecified atom stereocenters. The Labute approximate surface area is 190 Å². The third-order valence-electron chi connectivity index (χ3n) is 4.16. The van der Waals surface area contributed by atoms with Gasteiger partial charge >= 0.3 is 0 Å². The molecule has 0 aliphatic rings. The van der Waals surface area contributed by atoms with Crippen LogP contribution in [0.3, 0.4) is 0 Å². The number of amides is 1. The van der Waals surface area contributed by atoms with Gasteiger partial charge in [0.15, 0.2) is 0 Å². The van der Waals surface area contributed by atoms with Gasteiger partial charge in [0.1, 0.15) is 11.5 Å². The van der Waals surface area contributed by atoms with Gasteiger partial charge in [-0.25, -0.2) is 13.1 Å². The first kappa shape index (κ1) is 23.1. The maximum absolute atomic E-state index is 12.3. The van der Waals surface area contributed by atoms with E-state index in [4.69, 9.17) is 32.4 Å². The van der Waals surface area contributed by atoms with E-state index in [1.54, 1.807) is 30.3 Å². The molecule has 0 spiro atoms. The number of furan rings is 1. The second-order valence-corrected chi connectivity index (χ2v) is 9.11. The summed E-state index contributed by atoms with van der Waals surface area (Å²) in [5.74, 6) is 0.802. The van der Waals surface area contributed by atoms with Crippen molar-refractivity contribution in [2.45, 2.75) is 24.3 Å². The highest BCUT2D eigenvalue weighted by Crippen LogP contribution is 2.27. The summed E-state index contributed by atoms with van der Waals surface area (Å²) in [5.41, 5.74) is 0.497. The monoisotopic (exact) mass is 482 g/mol. The third-order valence-corrected chi connectivity index (χ3v) is 6.11. The smallest absolute Gasteiger partial charge is 0.240 e. The highest BCUT2D eigenvalue weighted by molar-refractivity contribution is 7.89. The molecular weight excluding hydrogens is 463 g/mol. The molecular formula is C21H20Cl2N2O5S. The molecule has 3 rings (SSSR count). The zero-order valence-corrected chi connectivity index (χ0v) is 18.6. The predicted octanol–water partition coefficient (Wildman–Crippen LogP) is 4.86. The Morgan fingerprint density at radius 1 is 1.06 bits per heavy atom. The molecule has 31 heavy (non-hydrogen) atoms. The van der Waals surface area contributed by atoms with E-state index >= 15 is 0 Å². The van der Waals surface area contributed by atoms with Crippen LogP contribution >= 0.6 is 23.2 Å². The first-order chi connectivity index (χ1) is 14.8. The molecule has 2 N–H and O–H groups in total. The topological polar surface area (TPSA) is 97.6 Å². The molecule has 164 valence electrons. The number of anilines is 1. The van der Waals surface area contributed by atoms with Crippen LogP contribution in [0.15, 0.2) is 70.2 Å². The first-order valence-electron chi connectivity index (χ1n) is 9.33. The lowest BCUT2D eigenvalue weighted by Gasteiger charge is -2.09. The van der Waals surface area contributed by atoms with Gasteiger partial charge in [-0.05, 0) is 61.0 Å². The van der Waals surface area contributed by atoms with Crippen molar-refractivity contribution in [1.29, 1.82) is 0 Å². The molecule has 0 radical (unpaired) electrons. The van der Waals surface area contributed by atoms with Crippen LogP contribution in [0.1, 0.15) is 18.6 Å². The molecule has 3 aromatic rings. The van der Waals surface area contributed by atoms with Gasteiger partial charge in [0.05, 0.1) is 29.3 Å². The minimum absolute atomic E-state index is 0.0527. The molecule has 1 heterocycles. The Balaban J connectivity index is 1.44. The number of hydrogen-bond acceptors (Lipinski definition) is 5. The first-order valence-corrected chi connectivity index (χ1v) is 11.6. The van der Waals surface area contributed by atoms with E-state index in [1.165, 1.54) is 30.5 Å². The summed E-state index contributed by atoms with van der Waals surface area (Å²) in [6.45, 7) is 0.365. The van der Waals surface area contributed by atoms with Crippen LogP contribution in [-0.4, -0.2) is 20.9 Å². The van der Waals surface area contributed by atoms with Gasteiger partial charge < -0.3 is 14.5 Å². The maximum atomic E-state index is 12.3. The van der Waals surface area contributed by atoms with E-state index in [0.29, 0.717) is 40.3 Å². The largest absolute Gasteiger partial charge is 0.492 e. The fourth-order valence-electron chi connectivity index (χ4n) is 2.61. The Hall–Kier alpha value is -2.52. The number of ether oxygens (including phenoxy) is 1. The molecule has 0 bridgehead atoms. The molecule has 10 heteroatoms. The normalized spacial score (nSPS) is 11.3. The molecule has 7 nitrogen and oxygen atoms in total. The number of carbonyl (C=O) groups is 1. The summed E-state index contributed by atoms with van der Waals surface area (Å²) in [5, 5.41) is 3.65. The molecule has 0 saturated carbocycles. The van der Waals surface area contributed by atoms with Crippen LogP contribution in [0.5, 0.6) is 5.75 Å². The van der Waals surface area contributed by atoms with Gasteiger partial charge in [-0.2, -0.15) is 0 Å². The van der Waals surface area contributed by atoms with Crippen molar-refractivity contribution in [3.63, 3.8) is 0 Å². The van der Waals surface area contributed by atoms with Crippen molar-refractivity contribution in [3.8, 4) is 5.75 Å². The van der Waals surface area contributed by atoms with Gasteiger partial charge in [0.2, 0.25) is 15.9 Å². The summed E-state index contributed by atoms with van der Waals surface area (Å²) in [6.07, 6.45) is 2.18. The molecule has 0 saturated heterocycles. The number of rotatable bonds is 10. The standard InChI is InChI=1S/C21H20Cl2N2O5S/c22-15-5-10-20(19(23)13-15)30-12-2-4-21(26)25-16-6-8-18(9-7-16)31(27,28)24-14-17-3-1-11-29-17/h1,3,5-11,13,24H,2,4,12,14H2,(H,25,26). The third kappa shape index (κ3) is 7.00. The van der Waals surface area contributed by atoms with Crippen molar-refractivity contribution in [2.75, 3.05) is 11.9 Å². The molecule has 2 aromatic carbocycles. The average molecular weight is 483 g/mol. The van der Waals surface area contributed by atoms with Gasteiger partial charge in [-0.1, -0.05) is 23.2 Å². The fraction of sp³-hybridized carbons (Fsp3) is 0.190. The van der Waals surface area contributed by atoms with E-state index < -0.39 is 10.0 Å². The van der Waals surface area contributed by atoms with Crippen molar-refractivity contribution in [1.82, 2.24) is 4.72 Å². The van der Waals surface area contributed by atoms with Crippen LogP contribution < -0.4 is 14.8 Å². The number of carbonyl (C=O) groups excluding carboxylic acids is 1. The summed E-state index contributed by atoms with van der Waals surface area (Å²) in [4.78, 5) is 12.2. The van der Waals surface area contributed by atoms with Crippen LogP contribution in [0.25, 0.3) is 0 Å². The van der Waals surface area contributed by atoms with E-state index in [0.717, 1.165) is 0 Å². The maximum Gasteiger partial charge on any atom is 0.240 e. The SMILES string of the molecule is O=C(CCCOc1ccc(Cl)cc1Cl)Nc1ccc(S(=O)(=O)NCc2ccco2)cc1. The van der Waals surface area contributed by atoms with Crippen molar-refractivity contribution >= 4 is 44.8 Å². The summed E-state index contributed by atoms with van der Waals surface area (Å²) in [6, 6.07) is 14.2. The number of benzene rings is 2. The van der Waals surface area contributed by atoms with Gasteiger partial charge in [0.25, 0.3) is 0 Å². The van der Waals surface area contributed by atoms with Crippen LogP contribution in [0.4, 0.5) is 5.69 Å². The quantitative estimate of drug-likeness (QED) is 0.402. The molecule has 1 aromatic heterocycles. The Morgan fingerprint density at radius 2 is 1.84 bits per heavy atom. The number of sulfonamides is 1. The van der Waals surface area contributed by atoms with E-state index in [9.17, 15) is 13.2 Å². The van der Waals surface area contributed by atoms with Gasteiger partial charge in [0, 0.05) is 17.1 Å². The lowest BCUT2D eigenvalue weighted by atomic mass is 10.2. The zero-order chi connectivity index (χ0) is 22.3. The average Bonchev–Trinajstić information content (AvgIpc) is 3.25. The Kier molecular flexibility index (Phi) is 7.97. The van der Waals surface area contributed by atoms with Crippen LogP contribution in [0.2, 0.25) is 10.0 Å². The summed E-state index contributed by atoms with van der Waals surface area (Å²) in [7, 11) is -3.69. The molecule has 0 aliphatic carbocycles. The summed E-state index contributed by atoms with van der Waals surface area (Å²) >= 11 is 11.9. The predicted molar refractivity (Wildman–Crippen MR) is 119 cm³/mol. The van der Waals surface area contributed by atoms with Crippen LogP contribution in [0, 0.1) is 0 Å². The highest BCUT2D eigenvalue weighted by atomic mass is 35.5. The minimum atomic E-state index is -3.69. The van der Waals surface area contributed by atoms with E-state index in [-0.39, 0.29) is 23.8 Å². The van der Waals surface area contributed by atoms with Crippen molar-refractivity contribution in [2.24, 2.45) is 0 Å². The Morgan fingerprint density at radius 3 is 2.52 bits per heavy atom. The van der Waals surface area contributed by atoms with Gasteiger partial charge in [-0.3, -0.25) is 4.79 Å². The van der Waals surface area contributed by atoms with Gasteiger partial charge in [-0.15, -0.1) is 0 Å². The van der Waals surface area contributed by atoms with Crippen molar-refractivity contribution in [3.05, 3.63) is 76.7 Å². The molecule has 0 aliphatic heterocycles. The molecule has 0 fully saturated rings. The molecule has 1 amide bonds. The number of nitrogens with one attached hydrogen (secondary N) is 2. The van der Waals surface area contributed by atoms with Crippen molar-refractivity contribution < 1.29 is 22.4 Å². The second kappa shape index (κ2) is 10.7. The second-order valence-electron chi connectivity index (χ2n) is 6.50.